The average Bonchev–Trinajstić information content (AvgIpc) is 2.74. The third kappa shape index (κ3) is 4.68. The van der Waals surface area contributed by atoms with Crippen molar-refractivity contribution in [1.82, 2.24) is 10.3 Å². The van der Waals surface area contributed by atoms with Crippen molar-refractivity contribution in [3.05, 3.63) is 83.0 Å². The van der Waals surface area contributed by atoms with E-state index in [0.717, 1.165) is 29.2 Å². The summed E-state index contributed by atoms with van der Waals surface area (Å²) in [6.07, 6.45) is 2.53. The Morgan fingerprint density at radius 3 is 2.50 bits per heavy atom. The van der Waals surface area contributed by atoms with Gasteiger partial charge in [0.1, 0.15) is 11.6 Å². The van der Waals surface area contributed by atoms with E-state index in [1.54, 1.807) is 19.4 Å². The van der Waals surface area contributed by atoms with Gasteiger partial charge in [-0.3, -0.25) is 4.79 Å². The van der Waals surface area contributed by atoms with Crippen molar-refractivity contribution in [2.75, 3.05) is 12.4 Å². The lowest BCUT2D eigenvalue weighted by Gasteiger charge is -2.13. The first-order chi connectivity index (χ1) is 13.6. The quantitative estimate of drug-likeness (QED) is 0.632. The van der Waals surface area contributed by atoms with Crippen molar-refractivity contribution < 1.29 is 9.53 Å². The molecular weight excluding hydrogens is 350 g/mol. The number of methoxy groups -OCH3 is 1. The number of nitrogens with zero attached hydrogens (tertiary/aromatic N) is 1. The summed E-state index contributed by atoms with van der Waals surface area (Å²) < 4.78 is 5.14. The number of rotatable bonds is 7. The highest BCUT2D eigenvalue weighted by atomic mass is 16.5. The molecule has 5 heteroatoms. The van der Waals surface area contributed by atoms with Crippen LogP contribution in [0.4, 0.5) is 11.5 Å². The van der Waals surface area contributed by atoms with Crippen LogP contribution in [0.2, 0.25) is 0 Å². The molecule has 5 nitrogen and oxygen atoms in total. The van der Waals surface area contributed by atoms with Crippen LogP contribution >= 0.6 is 0 Å². The number of nitrogens with one attached hydrogen (secondary N) is 2. The molecule has 0 spiro atoms. The lowest BCUT2D eigenvalue weighted by atomic mass is 10.1. The van der Waals surface area contributed by atoms with Crippen LogP contribution in [0.1, 0.15) is 34.0 Å². The highest BCUT2D eigenvalue weighted by Gasteiger charge is 2.08. The second-order valence-electron chi connectivity index (χ2n) is 6.55. The van der Waals surface area contributed by atoms with Crippen LogP contribution in [-0.2, 0) is 13.0 Å². The predicted octanol–water partition coefficient (Wildman–Crippen LogP) is 4.63. The SMILES string of the molecule is CCc1cccc(C)c1Nc1ccc(C(=O)NCc2ccc(OC)cc2)cn1. The topological polar surface area (TPSA) is 63.2 Å². The number of benzene rings is 2. The van der Waals surface area contributed by atoms with E-state index < -0.39 is 0 Å². The largest absolute Gasteiger partial charge is 0.497 e. The minimum atomic E-state index is -0.153. The van der Waals surface area contributed by atoms with Crippen LogP contribution in [0.25, 0.3) is 0 Å². The molecule has 0 atom stereocenters. The number of para-hydroxylation sites is 1. The van der Waals surface area contributed by atoms with Crippen LogP contribution in [-0.4, -0.2) is 18.0 Å². The summed E-state index contributed by atoms with van der Waals surface area (Å²) in [6.45, 7) is 4.65. The van der Waals surface area contributed by atoms with E-state index in [-0.39, 0.29) is 5.91 Å². The summed E-state index contributed by atoms with van der Waals surface area (Å²) in [5.74, 6) is 1.36. The summed E-state index contributed by atoms with van der Waals surface area (Å²) in [5.41, 5.74) is 5.02. The van der Waals surface area contributed by atoms with Crippen LogP contribution in [0.5, 0.6) is 5.75 Å². The first kappa shape index (κ1) is 19.4. The molecule has 3 rings (SSSR count). The Labute approximate surface area is 165 Å². The van der Waals surface area contributed by atoms with Crippen molar-refractivity contribution in [1.29, 1.82) is 0 Å². The zero-order valence-corrected chi connectivity index (χ0v) is 16.5. The number of carbonyl (C=O) groups is 1. The lowest BCUT2D eigenvalue weighted by molar-refractivity contribution is 0.0950. The molecule has 0 bridgehead atoms. The third-order valence-electron chi connectivity index (χ3n) is 4.63. The molecule has 144 valence electrons. The van der Waals surface area contributed by atoms with Gasteiger partial charge in [-0.1, -0.05) is 37.3 Å². The van der Waals surface area contributed by atoms with Gasteiger partial charge in [-0.05, 0) is 54.3 Å². The summed E-state index contributed by atoms with van der Waals surface area (Å²) in [6, 6.07) is 17.5. The van der Waals surface area contributed by atoms with E-state index in [1.165, 1.54) is 11.1 Å². The Bertz CT molecular complexity index is 935. The van der Waals surface area contributed by atoms with Crippen molar-refractivity contribution >= 4 is 17.4 Å². The van der Waals surface area contributed by atoms with E-state index in [2.05, 4.69) is 47.7 Å². The van der Waals surface area contributed by atoms with Crippen LogP contribution in [0.3, 0.4) is 0 Å². The molecule has 2 N–H and O–H groups in total. The molecule has 0 unspecified atom stereocenters. The first-order valence-corrected chi connectivity index (χ1v) is 9.33. The number of aryl methyl sites for hydroxylation is 2. The molecule has 28 heavy (non-hydrogen) atoms. The Kier molecular flexibility index (Phi) is 6.27. The summed E-state index contributed by atoms with van der Waals surface area (Å²) in [7, 11) is 1.63. The summed E-state index contributed by atoms with van der Waals surface area (Å²) in [5, 5.41) is 6.28. The monoisotopic (exact) mass is 375 g/mol. The minimum Gasteiger partial charge on any atom is -0.497 e. The molecule has 1 heterocycles. The zero-order chi connectivity index (χ0) is 19.9. The van der Waals surface area contributed by atoms with Crippen molar-refractivity contribution in [3.63, 3.8) is 0 Å². The number of ether oxygens (including phenoxy) is 1. The molecule has 3 aromatic rings. The van der Waals surface area contributed by atoms with Gasteiger partial charge in [-0.2, -0.15) is 0 Å². The Hall–Kier alpha value is -3.34. The van der Waals surface area contributed by atoms with Gasteiger partial charge in [-0.15, -0.1) is 0 Å². The molecule has 0 saturated heterocycles. The standard InChI is InChI=1S/C23H25N3O2/c1-4-18-7-5-6-16(2)22(18)26-21-13-10-19(15-24-21)23(27)25-14-17-8-11-20(28-3)12-9-17/h5-13,15H,4,14H2,1-3H3,(H,24,26)(H,25,27). The van der Waals surface area contributed by atoms with Gasteiger partial charge in [-0.25, -0.2) is 4.98 Å². The molecule has 0 aliphatic heterocycles. The van der Waals surface area contributed by atoms with Gasteiger partial charge < -0.3 is 15.4 Å². The lowest BCUT2D eigenvalue weighted by Crippen LogP contribution is -2.22. The van der Waals surface area contributed by atoms with Crippen molar-refractivity contribution in [2.45, 2.75) is 26.8 Å². The molecule has 0 saturated carbocycles. The number of anilines is 2. The average molecular weight is 375 g/mol. The number of pyridine rings is 1. The van der Waals surface area contributed by atoms with Crippen molar-refractivity contribution in [3.8, 4) is 5.75 Å². The van der Waals surface area contributed by atoms with E-state index in [0.29, 0.717) is 12.1 Å². The van der Waals surface area contributed by atoms with E-state index in [4.69, 9.17) is 4.74 Å². The number of hydrogen-bond donors (Lipinski definition) is 2. The van der Waals surface area contributed by atoms with Gasteiger partial charge in [0.2, 0.25) is 0 Å². The third-order valence-corrected chi connectivity index (χ3v) is 4.63. The van der Waals surface area contributed by atoms with Crippen LogP contribution < -0.4 is 15.4 Å². The fraction of sp³-hybridized carbons (Fsp3) is 0.217. The van der Waals surface area contributed by atoms with E-state index in [9.17, 15) is 4.79 Å². The Morgan fingerprint density at radius 2 is 1.86 bits per heavy atom. The maximum atomic E-state index is 12.4. The highest BCUT2D eigenvalue weighted by molar-refractivity contribution is 5.94. The van der Waals surface area contributed by atoms with Gasteiger partial charge in [0.25, 0.3) is 5.91 Å². The van der Waals surface area contributed by atoms with E-state index in [1.807, 2.05) is 30.3 Å². The number of carbonyl (C=O) groups excluding carboxylic acids is 1. The second kappa shape index (κ2) is 9.04. The highest BCUT2D eigenvalue weighted by Crippen LogP contribution is 2.24. The number of amides is 1. The van der Waals surface area contributed by atoms with Gasteiger partial charge in [0.05, 0.1) is 12.7 Å². The Morgan fingerprint density at radius 1 is 1.07 bits per heavy atom. The number of aromatic nitrogens is 1. The maximum Gasteiger partial charge on any atom is 0.253 e. The summed E-state index contributed by atoms with van der Waals surface area (Å²) >= 11 is 0. The smallest absolute Gasteiger partial charge is 0.253 e. The molecular formula is C23H25N3O2. The van der Waals surface area contributed by atoms with Crippen molar-refractivity contribution in [2.24, 2.45) is 0 Å². The second-order valence-corrected chi connectivity index (χ2v) is 6.55. The zero-order valence-electron chi connectivity index (χ0n) is 16.5. The molecule has 0 aliphatic carbocycles. The minimum absolute atomic E-state index is 0.153. The van der Waals surface area contributed by atoms with E-state index >= 15 is 0 Å². The first-order valence-electron chi connectivity index (χ1n) is 9.33. The molecule has 0 fully saturated rings. The van der Waals surface area contributed by atoms with Gasteiger partial charge >= 0.3 is 0 Å². The molecule has 1 aromatic heterocycles. The van der Waals surface area contributed by atoms with Crippen LogP contribution in [0, 0.1) is 6.92 Å². The molecule has 0 aliphatic rings. The van der Waals surface area contributed by atoms with Gasteiger partial charge in [0.15, 0.2) is 0 Å². The van der Waals surface area contributed by atoms with Gasteiger partial charge in [0, 0.05) is 18.4 Å². The van der Waals surface area contributed by atoms with Crippen LogP contribution in [0.15, 0.2) is 60.8 Å². The fourth-order valence-electron chi connectivity index (χ4n) is 2.96. The normalized spacial score (nSPS) is 10.4. The Balaban J connectivity index is 1.62. The molecule has 0 radical (unpaired) electrons. The number of hydrogen-bond acceptors (Lipinski definition) is 4. The predicted molar refractivity (Wildman–Crippen MR) is 112 cm³/mol. The maximum absolute atomic E-state index is 12.4. The molecule has 1 amide bonds. The molecule has 2 aromatic carbocycles. The summed E-state index contributed by atoms with van der Waals surface area (Å²) in [4.78, 5) is 16.8. The fourth-order valence-corrected chi connectivity index (χ4v) is 2.96.